The predicted molar refractivity (Wildman–Crippen MR) is 56.0 cm³/mol. The lowest BCUT2D eigenvalue weighted by atomic mass is 9.80. The molecule has 1 aromatic rings. The second-order valence-corrected chi connectivity index (χ2v) is 4.33. The van der Waals surface area contributed by atoms with Gasteiger partial charge in [-0.3, -0.25) is 0 Å². The maximum Gasteiger partial charge on any atom is 0.151 e. The summed E-state index contributed by atoms with van der Waals surface area (Å²) in [6.45, 7) is 6.08. The van der Waals surface area contributed by atoms with Crippen LogP contribution >= 0.6 is 0 Å². The minimum Gasteiger partial charge on any atom is -0.351 e. The van der Waals surface area contributed by atoms with Crippen LogP contribution in [0.25, 0.3) is 0 Å². The molecule has 1 aliphatic rings. The summed E-state index contributed by atoms with van der Waals surface area (Å²) in [7, 11) is 0. The molecule has 0 spiro atoms. The van der Waals surface area contributed by atoms with E-state index in [1.165, 1.54) is 0 Å². The lowest BCUT2D eigenvalue weighted by Crippen LogP contribution is -2.70. The Morgan fingerprint density at radius 2 is 2.21 bits per heavy atom. The zero-order valence-electron chi connectivity index (χ0n) is 8.64. The minimum absolute atomic E-state index is 0.0441. The van der Waals surface area contributed by atoms with Gasteiger partial charge in [0.1, 0.15) is 0 Å². The Kier molecular flexibility index (Phi) is 2.15. The summed E-state index contributed by atoms with van der Waals surface area (Å²) in [5, 5.41) is 7.89. The van der Waals surface area contributed by atoms with Gasteiger partial charge in [-0.15, -0.1) is 5.10 Å². The molecule has 0 amide bonds. The molecule has 1 aliphatic heterocycles. The van der Waals surface area contributed by atoms with Gasteiger partial charge in [0.25, 0.3) is 0 Å². The van der Waals surface area contributed by atoms with E-state index in [9.17, 15) is 0 Å². The van der Waals surface area contributed by atoms with E-state index >= 15 is 0 Å². The van der Waals surface area contributed by atoms with Crippen LogP contribution in [0.4, 0.5) is 5.82 Å². The predicted octanol–water partition coefficient (Wildman–Crippen LogP) is 0.650. The highest BCUT2D eigenvalue weighted by Gasteiger charge is 2.42. The maximum absolute atomic E-state index is 6.18. The van der Waals surface area contributed by atoms with Gasteiger partial charge in [0.15, 0.2) is 5.82 Å². The maximum atomic E-state index is 6.18. The van der Waals surface area contributed by atoms with E-state index in [0.29, 0.717) is 5.92 Å². The minimum atomic E-state index is -0.0441. The SMILES string of the molecule is CC(C)C1(N)CN(c2cccnn2)C1. The number of hydrogen-bond donors (Lipinski definition) is 1. The molecule has 1 aromatic heterocycles. The van der Waals surface area contributed by atoms with E-state index in [2.05, 4.69) is 28.9 Å². The van der Waals surface area contributed by atoms with Crippen LogP contribution in [0, 0.1) is 5.92 Å². The van der Waals surface area contributed by atoms with E-state index in [1.54, 1.807) is 6.20 Å². The van der Waals surface area contributed by atoms with Gasteiger partial charge < -0.3 is 10.6 Å². The summed E-state index contributed by atoms with van der Waals surface area (Å²) in [6.07, 6.45) is 1.68. The fraction of sp³-hybridized carbons (Fsp3) is 0.600. The fourth-order valence-electron chi connectivity index (χ4n) is 1.65. The first-order chi connectivity index (χ1) is 6.62. The zero-order valence-corrected chi connectivity index (χ0v) is 8.64. The molecule has 0 aliphatic carbocycles. The van der Waals surface area contributed by atoms with Crippen LogP contribution in [0.3, 0.4) is 0 Å². The Hall–Kier alpha value is -1.16. The van der Waals surface area contributed by atoms with Crippen LogP contribution in [0.5, 0.6) is 0 Å². The number of nitrogens with two attached hydrogens (primary N) is 1. The average molecular weight is 192 g/mol. The summed E-state index contributed by atoms with van der Waals surface area (Å²) in [4.78, 5) is 2.16. The lowest BCUT2D eigenvalue weighted by molar-refractivity contribution is 0.243. The van der Waals surface area contributed by atoms with Crippen LogP contribution in [0.1, 0.15) is 13.8 Å². The van der Waals surface area contributed by atoms with E-state index in [0.717, 1.165) is 18.9 Å². The Bertz CT molecular complexity index is 303. The molecule has 1 saturated heterocycles. The molecule has 0 unspecified atom stereocenters. The smallest absolute Gasteiger partial charge is 0.151 e. The average Bonchev–Trinajstić information content (AvgIpc) is 2.14. The number of aromatic nitrogens is 2. The van der Waals surface area contributed by atoms with Crippen molar-refractivity contribution in [3.63, 3.8) is 0 Å². The topological polar surface area (TPSA) is 55.0 Å². The van der Waals surface area contributed by atoms with Crippen molar-refractivity contribution in [1.29, 1.82) is 0 Å². The molecule has 2 rings (SSSR count). The normalized spacial score (nSPS) is 19.6. The summed E-state index contributed by atoms with van der Waals surface area (Å²) in [6, 6.07) is 3.86. The highest BCUT2D eigenvalue weighted by atomic mass is 15.3. The molecule has 0 saturated carbocycles. The van der Waals surface area contributed by atoms with E-state index in [-0.39, 0.29) is 5.54 Å². The molecule has 2 N–H and O–H groups in total. The van der Waals surface area contributed by atoms with Crippen LogP contribution in [0.2, 0.25) is 0 Å². The number of rotatable bonds is 2. The molecule has 4 heteroatoms. The summed E-state index contributed by atoms with van der Waals surface area (Å²) < 4.78 is 0. The molecule has 14 heavy (non-hydrogen) atoms. The van der Waals surface area contributed by atoms with Crippen molar-refractivity contribution in [2.45, 2.75) is 19.4 Å². The van der Waals surface area contributed by atoms with E-state index in [1.807, 2.05) is 12.1 Å². The van der Waals surface area contributed by atoms with Crippen molar-refractivity contribution in [3.05, 3.63) is 18.3 Å². The summed E-state index contributed by atoms with van der Waals surface area (Å²) in [5.74, 6) is 1.43. The first kappa shape index (κ1) is 9.40. The first-order valence-electron chi connectivity index (χ1n) is 4.93. The van der Waals surface area contributed by atoms with Crippen LogP contribution in [-0.4, -0.2) is 28.8 Å². The quantitative estimate of drug-likeness (QED) is 0.747. The van der Waals surface area contributed by atoms with Crippen molar-refractivity contribution in [1.82, 2.24) is 10.2 Å². The molecule has 0 radical (unpaired) electrons. The van der Waals surface area contributed by atoms with Gasteiger partial charge in [-0.2, -0.15) is 5.10 Å². The second kappa shape index (κ2) is 3.20. The Morgan fingerprint density at radius 1 is 1.50 bits per heavy atom. The van der Waals surface area contributed by atoms with Crippen molar-refractivity contribution in [2.24, 2.45) is 11.7 Å². The third-order valence-corrected chi connectivity index (χ3v) is 3.00. The molecule has 0 atom stereocenters. The van der Waals surface area contributed by atoms with E-state index in [4.69, 9.17) is 5.73 Å². The van der Waals surface area contributed by atoms with E-state index < -0.39 is 0 Å². The first-order valence-corrected chi connectivity index (χ1v) is 4.93. The molecule has 4 nitrogen and oxygen atoms in total. The Labute approximate surface area is 84.1 Å². The standard InChI is InChI=1S/C10H16N4/c1-8(2)10(11)6-14(7-10)9-4-3-5-12-13-9/h3-5,8H,6-7,11H2,1-2H3. The Morgan fingerprint density at radius 3 is 2.71 bits per heavy atom. The van der Waals surface area contributed by atoms with Gasteiger partial charge in [0.2, 0.25) is 0 Å². The number of hydrogen-bond acceptors (Lipinski definition) is 4. The van der Waals surface area contributed by atoms with Gasteiger partial charge in [0, 0.05) is 19.3 Å². The van der Waals surface area contributed by atoms with Crippen LogP contribution < -0.4 is 10.6 Å². The molecular formula is C10H16N4. The van der Waals surface area contributed by atoms with Crippen molar-refractivity contribution >= 4 is 5.82 Å². The highest BCUT2D eigenvalue weighted by molar-refractivity contribution is 5.43. The molecule has 76 valence electrons. The Balaban J connectivity index is 2.02. The fourth-order valence-corrected chi connectivity index (χ4v) is 1.65. The third kappa shape index (κ3) is 1.46. The second-order valence-electron chi connectivity index (χ2n) is 4.33. The molecular weight excluding hydrogens is 176 g/mol. The monoisotopic (exact) mass is 192 g/mol. The van der Waals surface area contributed by atoms with Crippen molar-refractivity contribution < 1.29 is 0 Å². The van der Waals surface area contributed by atoms with Crippen LogP contribution in [-0.2, 0) is 0 Å². The van der Waals surface area contributed by atoms with Gasteiger partial charge >= 0.3 is 0 Å². The largest absolute Gasteiger partial charge is 0.351 e. The molecule has 1 fully saturated rings. The van der Waals surface area contributed by atoms with Gasteiger partial charge in [0.05, 0.1) is 5.54 Å². The van der Waals surface area contributed by atoms with Gasteiger partial charge in [-0.05, 0) is 18.1 Å². The van der Waals surface area contributed by atoms with Gasteiger partial charge in [-0.25, -0.2) is 0 Å². The zero-order chi connectivity index (χ0) is 10.2. The lowest BCUT2D eigenvalue weighted by Gasteiger charge is -2.50. The summed E-state index contributed by atoms with van der Waals surface area (Å²) >= 11 is 0. The molecule has 2 heterocycles. The van der Waals surface area contributed by atoms with Crippen LogP contribution in [0.15, 0.2) is 18.3 Å². The summed E-state index contributed by atoms with van der Waals surface area (Å²) in [5.41, 5.74) is 6.14. The third-order valence-electron chi connectivity index (χ3n) is 3.00. The highest BCUT2D eigenvalue weighted by Crippen LogP contribution is 2.29. The van der Waals surface area contributed by atoms with Gasteiger partial charge in [-0.1, -0.05) is 13.8 Å². The molecule has 0 aromatic carbocycles. The van der Waals surface area contributed by atoms with Crippen molar-refractivity contribution in [2.75, 3.05) is 18.0 Å². The number of nitrogens with zero attached hydrogens (tertiary/aromatic N) is 3. The molecule has 0 bridgehead atoms. The number of anilines is 1. The van der Waals surface area contributed by atoms with Crippen molar-refractivity contribution in [3.8, 4) is 0 Å².